The quantitative estimate of drug-likeness (QED) is 0.723. The van der Waals surface area contributed by atoms with Crippen LogP contribution in [-0.2, 0) is 11.3 Å². The molecule has 0 aliphatic carbocycles. The Morgan fingerprint density at radius 2 is 2.29 bits per heavy atom. The van der Waals surface area contributed by atoms with Gasteiger partial charge in [0.05, 0.1) is 12.7 Å². The number of ether oxygens (including phenoxy) is 1. The summed E-state index contributed by atoms with van der Waals surface area (Å²) in [6.07, 6.45) is 3.56. The smallest absolute Gasteiger partial charge is 0.0723 e. The molecule has 0 amide bonds. The molecule has 2 atom stereocenters. The maximum atomic E-state index is 5.98. The van der Waals surface area contributed by atoms with Crippen molar-refractivity contribution in [1.29, 1.82) is 0 Å². The van der Waals surface area contributed by atoms with Gasteiger partial charge < -0.3 is 4.74 Å². The lowest BCUT2D eigenvalue weighted by Crippen LogP contribution is -2.44. The second-order valence-electron chi connectivity index (χ2n) is 4.99. The lowest BCUT2D eigenvalue weighted by atomic mass is 9.83. The summed E-state index contributed by atoms with van der Waals surface area (Å²) in [5.41, 5.74) is 2.87. The summed E-state index contributed by atoms with van der Waals surface area (Å²) in [5.74, 6) is 0.550. The van der Waals surface area contributed by atoms with Gasteiger partial charge in [0.2, 0.25) is 0 Å². The number of nitrogens with zero attached hydrogens (tertiary/aromatic N) is 1. The highest BCUT2D eigenvalue weighted by atomic mass is 16.5. The highest BCUT2D eigenvalue weighted by Crippen LogP contribution is 2.36. The lowest BCUT2D eigenvalue weighted by Gasteiger charge is -2.41. The Balaban J connectivity index is 1.85. The van der Waals surface area contributed by atoms with E-state index >= 15 is 0 Å². The van der Waals surface area contributed by atoms with Crippen LogP contribution in [0, 0.1) is 0 Å². The third kappa shape index (κ3) is 2.03. The number of likely N-dealkylation sites (tertiary alicyclic amines) is 1. The Morgan fingerprint density at radius 3 is 3.18 bits per heavy atom. The molecule has 0 spiro atoms. The number of benzene rings is 1. The first-order valence-electron chi connectivity index (χ1n) is 6.41. The van der Waals surface area contributed by atoms with Crippen molar-refractivity contribution in [1.82, 2.24) is 4.90 Å². The van der Waals surface area contributed by atoms with E-state index in [1.165, 1.54) is 11.1 Å². The fourth-order valence-electron chi connectivity index (χ4n) is 3.07. The van der Waals surface area contributed by atoms with Crippen LogP contribution in [-0.4, -0.2) is 30.6 Å². The summed E-state index contributed by atoms with van der Waals surface area (Å²) < 4.78 is 5.98. The summed E-state index contributed by atoms with van der Waals surface area (Å²) in [7, 11) is 0. The van der Waals surface area contributed by atoms with Gasteiger partial charge in [0.25, 0.3) is 0 Å². The zero-order valence-electron chi connectivity index (χ0n) is 10.1. The zero-order chi connectivity index (χ0) is 11.7. The van der Waals surface area contributed by atoms with Crippen LogP contribution >= 0.6 is 0 Å². The maximum absolute atomic E-state index is 5.98. The summed E-state index contributed by atoms with van der Waals surface area (Å²) in [5, 5.41) is 0. The van der Waals surface area contributed by atoms with Crippen molar-refractivity contribution in [3.63, 3.8) is 0 Å². The van der Waals surface area contributed by atoms with E-state index in [1.54, 1.807) is 0 Å². The number of hydrogen-bond donors (Lipinski definition) is 0. The Hall–Kier alpha value is -1.12. The van der Waals surface area contributed by atoms with Gasteiger partial charge in [-0.05, 0) is 17.5 Å². The van der Waals surface area contributed by atoms with E-state index in [4.69, 9.17) is 4.74 Å². The average Bonchev–Trinajstić information content (AvgIpc) is 2.39. The molecule has 0 radical (unpaired) electrons. The normalized spacial score (nSPS) is 28.2. The molecule has 1 saturated heterocycles. The molecule has 2 aliphatic heterocycles. The molecule has 90 valence electrons. The minimum absolute atomic E-state index is 0.422. The molecule has 0 N–H and O–H groups in total. The molecule has 2 heteroatoms. The monoisotopic (exact) mass is 229 g/mol. The van der Waals surface area contributed by atoms with Crippen molar-refractivity contribution in [2.24, 2.45) is 0 Å². The molecule has 0 saturated carbocycles. The van der Waals surface area contributed by atoms with E-state index in [-0.39, 0.29) is 0 Å². The lowest BCUT2D eigenvalue weighted by molar-refractivity contribution is -0.0291. The van der Waals surface area contributed by atoms with E-state index in [0.29, 0.717) is 12.0 Å². The zero-order valence-corrected chi connectivity index (χ0v) is 10.1. The van der Waals surface area contributed by atoms with Crippen LogP contribution in [0.5, 0.6) is 0 Å². The summed E-state index contributed by atoms with van der Waals surface area (Å²) in [6, 6.07) is 8.71. The van der Waals surface area contributed by atoms with Gasteiger partial charge in [-0.1, -0.05) is 30.3 Å². The predicted octanol–water partition coefficient (Wildman–Crippen LogP) is 2.56. The molecule has 1 aromatic carbocycles. The molecule has 17 heavy (non-hydrogen) atoms. The number of hydrogen-bond acceptors (Lipinski definition) is 2. The fraction of sp³-hybridized carbons (Fsp3) is 0.467. The third-order valence-electron chi connectivity index (χ3n) is 3.93. The maximum Gasteiger partial charge on any atom is 0.0723 e. The largest absolute Gasteiger partial charge is 0.373 e. The standard InChI is InChI=1S/C15H19NO/c1-2-8-16-9-7-15-14(10-16)13-6-4-3-5-12(13)11-17-15/h2-6,14-15H,1,7-11H2/t14-,15+/m1/s1. The fourth-order valence-corrected chi connectivity index (χ4v) is 3.07. The van der Waals surface area contributed by atoms with Gasteiger partial charge in [0.15, 0.2) is 0 Å². The van der Waals surface area contributed by atoms with Crippen molar-refractivity contribution in [3.05, 3.63) is 48.0 Å². The second-order valence-corrected chi connectivity index (χ2v) is 4.99. The van der Waals surface area contributed by atoms with E-state index in [2.05, 4.69) is 35.7 Å². The van der Waals surface area contributed by atoms with Gasteiger partial charge in [0.1, 0.15) is 0 Å². The van der Waals surface area contributed by atoms with E-state index < -0.39 is 0 Å². The molecular weight excluding hydrogens is 210 g/mol. The molecule has 1 aromatic rings. The molecule has 2 nitrogen and oxygen atoms in total. The van der Waals surface area contributed by atoms with Crippen LogP contribution in [0.3, 0.4) is 0 Å². The van der Waals surface area contributed by atoms with Crippen LogP contribution in [0.4, 0.5) is 0 Å². The predicted molar refractivity (Wildman–Crippen MR) is 69.0 cm³/mol. The van der Waals surface area contributed by atoms with Crippen LogP contribution in [0.2, 0.25) is 0 Å². The Labute approximate surface area is 103 Å². The van der Waals surface area contributed by atoms with Crippen molar-refractivity contribution in [2.45, 2.75) is 25.0 Å². The minimum atomic E-state index is 0.422. The first-order chi connectivity index (χ1) is 8.38. The van der Waals surface area contributed by atoms with Crippen molar-refractivity contribution in [2.75, 3.05) is 19.6 Å². The summed E-state index contributed by atoms with van der Waals surface area (Å²) >= 11 is 0. The van der Waals surface area contributed by atoms with Crippen LogP contribution < -0.4 is 0 Å². The second kappa shape index (κ2) is 4.63. The van der Waals surface area contributed by atoms with E-state index in [9.17, 15) is 0 Å². The summed E-state index contributed by atoms with van der Waals surface area (Å²) in [4.78, 5) is 2.47. The average molecular weight is 229 g/mol. The highest BCUT2D eigenvalue weighted by molar-refractivity contribution is 5.33. The molecule has 0 unspecified atom stereocenters. The SMILES string of the molecule is C=CCN1CC[C@@H]2OCc3ccccc3[C@H]2C1. The van der Waals surface area contributed by atoms with Gasteiger partial charge >= 0.3 is 0 Å². The molecule has 2 aliphatic rings. The number of piperidine rings is 1. The number of rotatable bonds is 2. The van der Waals surface area contributed by atoms with Crippen molar-refractivity contribution in [3.8, 4) is 0 Å². The van der Waals surface area contributed by atoms with E-state index in [0.717, 1.165) is 32.7 Å². The van der Waals surface area contributed by atoms with Gasteiger partial charge in [-0.25, -0.2) is 0 Å². The first kappa shape index (κ1) is 11.0. The Bertz CT molecular complexity index is 415. The third-order valence-corrected chi connectivity index (χ3v) is 3.93. The van der Waals surface area contributed by atoms with Gasteiger partial charge in [0, 0.05) is 25.6 Å². The first-order valence-corrected chi connectivity index (χ1v) is 6.41. The summed E-state index contributed by atoms with van der Waals surface area (Å²) in [6.45, 7) is 7.85. The topological polar surface area (TPSA) is 12.5 Å². The van der Waals surface area contributed by atoms with Gasteiger partial charge in [-0.15, -0.1) is 6.58 Å². The number of fused-ring (bicyclic) bond motifs is 3. The van der Waals surface area contributed by atoms with Crippen molar-refractivity contribution >= 4 is 0 Å². The van der Waals surface area contributed by atoms with Crippen LogP contribution in [0.15, 0.2) is 36.9 Å². The van der Waals surface area contributed by atoms with Crippen molar-refractivity contribution < 1.29 is 4.74 Å². The molecule has 3 rings (SSSR count). The molecular formula is C15H19NO. The molecule has 0 aromatic heterocycles. The molecule has 1 fully saturated rings. The molecule has 0 bridgehead atoms. The highest BCUT2D eigenvalue weighted by Gasteiger charge is 2.34. The van der Waals surface area contributed by atoms with Gasteiger partial charge in [-0.2, -0.15) is 0 Å². The Kier molecular flexibility index (Phi) is 3.00. The van der Waals surface area contributed by atoms with Gasteiger partial charge in [-0.3, -0.25) is 4.90 Å². The van der Waals surface area contributed by atoms with Crippen LogP contribution in [0.1, 0.15) is 23.5 Å². The van der Waals surface area contributed by atoms with E-state index in [1.807, 2.05) is 6.08 Å². The Morgan fingerprint density at radius 1 is 1.41 bits per heavy atom. The minimum Gasteiger partial charge on any atom is -0.373 e. The van der Waals surface area contributed by atoms with Crippen LogP contribution in [0.25, 0.3) is 0 Å². The molecule has 2 heterocycles.